The molecule has 1 aliphatic heterocycles. The number of carbonyl (C=O) groups excluding carboxylic acids is 1. The Bertz CT molecular complexity index is 1770. The van der Waals surface area contributed by atoms with E-state index in [0.717, 1.165) is 45.9 Å². The third-order valence-corrected chi connectivity index (χ3v) is 8.55. The van der Waals surface area contributed by atoms with Crippen molar-refractivity contribution in [1.82, 2.24) is 20.1 Å². The molecule has 3 aromatic carbocycles. The molecule has 2 heterocycles. The van der Waals surface area contributed by atoms with E-state index >= 15 is 0 Å². The zero-order valence-electron chi connectivity index (χ0n) is 26.6. The number of amides is 2. The van der Waals surface area contributed by atoms with Gasteiger partial charge in [-0.3, -0.25) is 0 Å². The number of rotatable bonds is 8. The second kappa shape index (κ2) is 14.3. The molecule has 4 aromatic rings. The predicted octanol–water partition coefficient (Wildman–Crippen LogP) is 8.42. The van der Waals surface area contributed by atoms with E-state index in [-0.39, 0.29) is 17.7 Å². The van der Waals surface area contributed by atoms with Gasteiger partial charge in [-0.25, -0.2) is 14.5 Å². The van der Waals surface area contributed by atoms with Crippen LogP contribution in [0.15, 0.2) is 84.2 Å². The van der Waals surface area contributed by atoms with Gasteiger partial charge < -0.3 is 19.7 Å². The summed E-state index contributed by atoms with van der Waals surface area (Å²) in [6.07, 6.45) is -0.687. The number of aromatic nitrogens is 3. The molecule has 0 saturated carbocycles. The summed E-state index contributed by atoms with van der Waals surface area (Å²) >= 11 is 1.56. The summed E-state index contributed by atoms with van der Waals surface area (Å²) in [5, 5.41) is 7.90. The Labute approximate surface area is 275 Å². The number of benzene rings is 3. The SMILES string of the molecule is COc1ccc(C(C)C)c(N2C(=NC(=O)N/C=C(\C)c3ccc(-c4ncn(-c5ccc(OC(F)(F)F)cc5)n4)cc3)SCCC2C)c1. The lowest BCUT2D eigenvalue weighted by Crippen LogP contribution is -2.42. The normalized spacial score (nSPS) is 16.4. The summed E-state index contributed by atoms with van der Waals surface area (Å²) in [5.41, 5.74) is 5.12. The number of alkyl halides is 3. The lowest BCUT2D eigenvalue weighted by Gasteiger charge is -2.37. The fraction of sp³-hybridized carbons (Fsp3) is 0.294. The number of hydrogen-bond donors (Lipinski definition) is 1. The summed E-state index contributed by atoms with van der Waals surface area (Å²) in [5.74, 6) is 2.01. The van der Waals surface area contributed by atoms with Crippen molar-refractivity contribution >= 4 is 34.2 Å². The highest BCUT2D eigenvalue weighted by molar-refractivity contribution is 8.14. The van der Waals surface area contributed by atoms with E-state index in [1.165, 1.54) is 35.3 Å². The number of aliphatic imine (C=N–C) groups is 1. The number of allylic oxidation sites excluding steroid dienone is 1. The fourth-order valence-electron chi connectivity index (χ4n) is 5.06. The number of halogens is 3. The second-order valence-corrected chi connectivity index (χ2v) is 12.3. The largest absolute Gasteiger partial charge is 0.573 e. The van der Waals surface area contributed by atoms with Crippen molar-refractivity contribution in [3.05, 3.63) is 90.4 Å². The molecule has 1 atom stereocenters. The summed E-state index contributed by atoms with van der Waals surface area (Å²) in [6, 6.07) is 18.6. The maximum Gasteiger partial charge on any atom is 0.573 e. The first-order valence-electron chi connectivity index (χ1n) is 15.0. The summed E-state index contributed by atoms with van der Waals surface area (Å²) in [6.45, 7) is 8.31. The fourth-order valence-corrected chi connectivity index (χ4v) is 6.26. The zero-order chi connectivity index (χ0) is 33.7. The summed E-state index contributed by atoms with van der Waals surface area (Å²) < 4.78 is 48.2. The molecule has 0 aliphatic carbocycles. The molecular formula is C34H35F3N6O3S. The number of thioether (sulfide) groups is 1. The lowest BCUT2D eigenvalue weighted by atomic mass is 9.99. The minimum atomic E-state index is -4.76. The third-order valence-electron chi connectivity index (χ3n) is 7.57. The van der Waals surface area contributed by atoms with Crippen molar-refractivity contribution in [3.63, 3.8) is 0 Å². The number of methoxy groups -OCH3 is 1. The lowest BCUT2D eigenvalue weighted by molar-refractivity contribution is -0.274. The van der Waals surface area contributed by atoms with Gasteiger partial charge in [-0.2, -0.15) is 4.99 Å². The maximum atomic E-state index is 13.0. The van der Waals surface area contributed by atoms with Crippen LogP contribution in [-0.4, -0.2) is 51.2 Å². The van der Waals surface area contributed by atoms with Crippen molar-refractivity contribution in [1.29, 1.82) is 0 Å². The molecule has 246 valence electrons. The van der Waals surface area contributed by atoms with Crippen LogP contribution in [0.2, 0.25) is 0 Å². The van der Waals surface area contributed by atoms with Gasteiger partial charge in [0.2, 0.25) is 0 Å². The molecule has 1 aliphatic rings. The van der Waals surface area contributed by atoms with E-state index in [9.17, 15) is 18.0 Å². The van der Waals surface area contributed by atoms with Gasteiger partial charge >= 0.3 is 12.4 Å². The van der Waals surface area contributed by atoms with Crippen LogP contribution in [0.3, 0.4) is 0 Å². The van der Waals surface area contributed by atoms with Crippen molar-refractivity contribution in [3.8, 4) is 28.6 Å². The Balaban J connectivity index is 1.26. The number of hydrogen-bond acceptors (Lipinski definition) is 6. The van der Waals surface area contributed by atoms with Crippen molar-refractivity contribution in [2.45, 2.75) is 52.4 Å². The molecule has 0 spiro atoms. The zero-order valence-corrected chi connectivity index (χ0v) is 27.4. The van der Waals surface area contributed by atoms with E-state index in [0.29, 0.717) is 16.7 Å². The van der Waals surface area contributed by atoms with Crippen molar-refractivity contribution in [2.24, 2.45) is 4.99 Å². The van der Waals surface area contributed by atoms with Crippen LogP contribution in [0.4, 0.5) is 23.7 Å². The molecule has 2 amide bonds. The van der Waals surface area contributed by atoms with Gasteiger partial charge in [0.05, 0.1) is 18.5 Å². The second-order valence-electron chi connectivity index (χ2n) is 11.2. The van der Waals surface area contributed by atoms with Crippen LogP contribution < -0.4 is 19.7 Å². The topological polar surface area (TPSA) is 93.9 Å². The number of carbonyl (C=O) groups is 1. The van der Waals surface area contributed by atoms with E-state index in [1.54, 1.807) is 25.1 Å². The molecule has 5 rings (SSSR count). The molecule has 1 aromatic heterocycles. The average Bonchev–Trinajstić information content (AvgIpc) is 3.53. The highest BCUT2D eigenvalue weighted by Gasteiger charge is 2.31. The van der Waals surface area contributed by atoms with Crippen LogP contribution in [0.1, 0.15) is 51.2 Å². The first kappa shape index (κ1) is 33.6. The molecule has 0 bridgehead atoms. The Hall–Kier alpha value is -4.78. The molecular weight excluding hydrogens is 629 g/mol. The Morgan fingerprint density at radius 2 is 1.79 bits per heavy atom. The van der Waals surface area contributed by atoms with Crippen LogP contribution >= 0.6 is 11.8 Å². The number of amidine groups is 1. The molecule has 13 heteroatoms. The molecule has 0 radical (unpaired) electrons. The van der Waals surface area contributed by atoms with Gasteiger partial charge in [0, 0.05) is 29.6 Å². The third kappa shape index (κ3) is 8.33. The molecule has 47 heavy (non-hydrogen) atoms. The molecule has 9 nitrogen and oxygen atoms in total. The molecule has 1 N–H and O–H groups in total. The smallest absolute Gasteiger partial charge is 0.497 e. The van der Waals surface area contributed by atoms with Crippen LogP contribution in [0, 0.1) is 0 Å². The summed E-state index contributed by atoms with van der Waals surface area (Å²) in [7, 11) is 1.64. The average molecular weight is 665 g/mol. The Morgan fingerprint density at radius 1 is 1.09 bits per heavy atom. The van der Waals surface area contributed by atoms with Crippen LogP contribution in [0.25, 0.3) is 22.6 Å². The minimum absolute atomic E-state index is 0.155. The quantitative estimate of drug-likeness (QED) is 0.202. The van der Waals surface area contributed by atoms with Crippen molar-refractivity contribution < 1.29 is 27.4 Å². The number of nitrogens with one attached hydrogen (secondary N) is 1. The highest BCUT2D eigenvalue weighted by Crippen LogP contribution is 2.37. The first-order chi connectivity index (χ1) is 22.4. The van der Waals surface area contributed by atoms with Gasteiger partial charge in [0.1, 0.15) is 17.8 Å². The Morgan fingerprint density at radius 3 is 2.45 bits per heavy atom. The monoisotopic (exact) mass is 664 g/mol. The highest BCUT2D eigenvalue weighted by atomic mass is 32.2. The number of nitrogens with zero attached hydrogens (tertiary/aromatic N) is 5. The summed E-state index contributed by atoms with van der Waals surface area (Å²) in [4.78, 5) is 24.0. The molecule has 1 unspecified atom stereocenters. The van der Waals surface area contributed by atoms with E-state index < -0.39 is 12.4 Å². The van der Waals surface area contributed by atoms with Gasteiger partial charge in [0.15, 0.2) is 11.0 Å². The number of urea groups is 1. The molecule has 1 fully saturated rings. The van der Waals surface area contributed by atoms with E-state index in [4.69, 9.17) is 4.74 Å². The Kier molecular flexibility index (Phi) is 10.2. The van der Waals surface area contributed by atoms with Gasteiger partial charge in [-0.15, -0.1) is 18.3 Å². The van der Waals surface area contributed by atoms with Crippen LogP contribution in [0.5, 0.6) is 11.5 Å². The van der Waals surface area contributed by atoms with E-state index in [1.807, 2.05) is 43.3 Å². The van der Waals surface area contributed by atoms with Crippen molar-refractivity contribution in [2.75, 3.05) is 17.8 Å². The number of ether oxygens (including phenoxy) is 2. The molecule has 1 saturated heterocycles. The predicted molar refractivity (Wildman–Crippen MR) is 179 cm³/mol. The van der Waals surface area contributed by atoms with E-state index in [2.05, 4.69) is 56.9 Å². The number of anilines is 1. The van der Waals surface area contributed by atoms with Gasteiger partial charge in [-0.1, -0.05) is 55.9 Å². The standard InChI is InChI=1S/C34H35F3N6O3S/c1-21(2)29-15-14-28(45-5)18-30(29)43-23(4)16-17-47-33(43)40-32(44)38-19-22(3)24-6-8-25(9-7-24)31-39-20-42(41-31)26-10-12-27(13-11-26)46-34(35,36)37/h6-15,18-21,23H,16-17H2,1-5H3,(H,38,44)/b22-19+,40-33?. The first-order valence-corrected chi connectivity index (χ1v) is 15.9. The maximum absolute atomic E-state index is 13.0. The minimum Gasteiger partial charge on any atom is -0.497 e. The van der Waals surface area contributed by atoms with Gasteiger partial charge in [0.25, 0.3) is 0 Å². The van der Waals surface area contributed by atoms with Crippen LogP contribution in [-0.2, 0) is 0 Å². The van der Waals surface area contributed by atoms with Gasteiger partial charge in [-0.05, 0) is 73.2 Å².